The van der Waals surface area contributed by atoms with E-state index < -0.39 is 0 Å². The molecule has 4 heteroatoms. The van der Waals surface area contributed by atoms with Gasteiger partial charge >= 0.3 is 0 Å². The van der Waals surface area contributed by atoms with E-state index in [9.17, 15) is 4.79 Å². The van der Waals surface area contributed by atoms with Crippen LogP contribution in [-0.2, 0) is 4.79 Å². The van der Waals surface area contributed by atoms with Crippen molar-refractivity contribution in [1.29, 1.82) is 5.26 Å². The van der Waals surface area contributed by atoms with Crippen molar-refractivity contribution in [3.05, 3.63) is 54.1 Å². The first-order valence-electron chi connectivity index (χ1n) is 5.18. The molecule has 2 rings (SSSR count). The molecule has 2 aromatic rings. The molecule has 0 bridgehead atoms. The molecular formula is C14H8N2O2. The van der Waals surface area contributed by atoms with E-state index in [1.807, 2.05) is 6.07 Å². The number of carbonyl (C=O) groups excluding carboxylic acids is 1. The standard InChI is InChI=1S/C14H8N2O2/c15-9-11-1-5-13(6-2-11)18-14-7-3-12(4-8-14)16-10-17/h1-8H. The van der Waals surface area contributed by atoms with E-state index in [1.54, 1.807) is 48.5 Å². The van der Waals surface area contributed by atoms with Crippen molar-refractivity contribution in [2.75, 3.05) is 0 Å². The zero-order valence-corrected chi connectivity index (χ0v) is 9.33. The maximum absolute atomic E-state index is 10.1. The minimum atomic E-state index is 0.525. The summed E-state index contributed by atoms with van der Waals surface area (Å²) in [4.78, 5) is 13.5. The number of hydrogen-bond acceptors (Lipinski definition) is 4. The van der Waals surface area contributed by atoms with Crippen LogP contribution in [0, 0.1) is 11.3 Å². The SMILES string of the molecule is N#Cc1ccc(Oc2ccc(N=C=O)cc2)cc1. The molecule has 0 spiro atoms. The van der Waals surface area contributed by atoms with Crippen LogP contribution in [0.15, 0.2) is 53.5 Å². The summed E-state index contributed by atoms with van der Waals surface area (Å²) in [5, 5.41) is 8.67. The largest absolute Gasteiger partial charge is 0.457 e. The lowest BCUT2D eigenvalue weighted by Gasteiger charge is -2.05. The van der Waals surface area contributed by atoms with Gasteiger partial charge < -0.3 is 4.74 Å². The van der Waals surface area contributed by atoms with Gasteiger partial charge in [-0.25, -0.2) is 4.79 Å². The highest BCUT2D eigenvalue weighted by Gasteiger charge is 1.98. The van der Waals surface area contributed by atoms with Crippen LogP contribution in [0.4, 0.5) is 5.69 Å². The van der Waals surface area contributed by atoms with Crippen molar-refractivity contribution >= 4 is 11.8 Å². The molecule has 86 valence electrons. The van der Waals surface area contributed by atoms with E-state index in [4.69, 9.17) is 10.00 Å². The van der Waals surface area contributed by atoms with Gasteiger partial charge in [0, 0.05) is 0 Å². The Hall–Kier alpha value is -2.89. The molecule has 0 radical (unpaired) electrons. The van der Waals surface area contributed by atoms with Gasteiger partial charge in [-0.15, -0.1) is 0 Å². The second-order valence-corrected chi connectivity index (χ2v) is 3.44. The quantitative estimate of drug-likeness (QED) is 0.606. The molecule has 0 aliphatic heterocycles. The van der Waals surface area contributed by atoms with Gasteiger partial charge in [0.15, 0.2) is 0 Å². The number of benzene rings is 2. The number of hydrogen-bond donors (Lipinski definition) is 0. The van der Waals surface area contributed by atoms with Gasteiger partial charge in [-0.1, -0.05) is 0 Å². The molecule has 0 saturated heterocycles. The third-order valence-electron chi connectivity index (χ3n) is 2.23. The van der Waals surface area contributed by atoms with Crippen molar-refractivity contribution < 1.29 is 9.53 Å². The smallest absolute Gasteiger partial charge is 0.240 e. The van der Waals surface area contributed by atoms with Crippen molar-refractivity contribution in [3.63, 3.8) is 0 Å². The maximum Gasteiger partial charge on any atom is 0.240 e. The van der Waals surface area contributed by atoms with E-state index in [0.29, 0.717) is 22.7 Å². The first-order chi connectivity index (χ1) is 8.81. The topological polar surface area (TPSA) is 62.4 Å². The van der Waals surface area contributed by atoms with Gasteiger partial charge in [0.05, 0.1) is 17.3 Å². The average Bonchev–Trinajstić information content (AvgIpc) is 2.42. The maximum atomic E-state index is 10.1. The van der Waals surface area contributed by atoms with Gasteiger partial charge in [0.25, 0.3) is 0 Å². The fraction of sp³-hybridized carbons (Fsp3) is 0. The summed E-state index contributed by atoms with van der Waals surface area (Å²) in [6.07, 6.45) is 1.47. The predicted molar refractivity (Wildman–Crippen MR) is 65.5 cm³/mol. The van der Waals surface area contributed by atoms with Crippen LogP contribution in [0.5, 0.6) is 11.5 Å². The van der Waals surface area contributed by atoms with Crippen molar-refractivity contribution in [1.82, 2.24) is 0 Å². The number of nitriles is 1. The summed E-state index contributed by atoms with van der Waals surface area (Å²) in [6, 6.07) is 15.6. The fourth-order valence-corrected chi connectivity index (χ4v) is 1.38. The van der Waals surface area contributed by atoms with Gasteiger partial charge in [0.2, 0.25) is 6.08 Å². The van der Waals surface area contributed by atoms with E-state index >= 15 is 0 Å². The lowest BCUT2D eigenvalue weighted by atomic mass is 10.2. The molecule has 4 nitrogen and oxygen atoms in total. The monoisotopic (exact) mass is 236 g/mol. The van der Waals surface area contributed by atoms with Gasteiger partial charge in [0.1, 0.15) is 11.5 Å². The fourth-order valence-electron chi connectivity index (χ4n) is 1.38. The summed E-state index contributed by atoms with van der Waals surface area (Å²) < 4.78 is 5.56. The third-order valence-corrected chi connectivity index (χ3v) is 2.23. The molecule has 0 heterocycles. The van der Waals surface area contributed by atoms with Gasteiger partial charge in [-0.3, -0.25) is 0 Å². The Bertz CT molecular complexity index is 618. The second-order valence-electron chi connectivity index (χ2n) is 3.44. The van der Waals surface area contributed by atoms with E-state index in [-0.39, 0.29) is 0 Å². The van der Waals surface area contributed by atoms with E-state index in [1.165, 1.54) is 6.08 Å². The molecule has 18 heavy (non-hydrogen) atoms. The van der Waals surface area contributed by atoms with Crippen LogP contribution >= 0.6 is 0 Å². The molecule has 0 aliphatic carbocycles. The summed E-state index contributed by atoms with van der Waals surface area (Å²) in [5.74, 6) is 1.27. The molecule has 2 aromatic carbocycles. The van der Waals surface area contributed by atoms with Crippen LogP contribution in [0.2, 0.25) is 0 Å². The Morgan fingerprint density at radius 3 is 2.00 bits per heavy atom. The summed E-state index contributed by atoms with van der Waals surface area (Å²) in [7, 11) is 0. The Morgan fingerprint density at radius 1 is 0.944 bits per heavy atom. The summed E-state index contributed by atoms with van der Waals surface area (Å²) in [6.45, 7) is 0. The zero-order valence-electron chi connectivity index (χ0n) is 9.33. The molecule has 0 saturated carbocycles. The second kappa shape index (κ2) is 5.44. The molecule has 0 aromatic heterocycles. The number of rotatable bonds is 3. The minimum absolute atomic E-state index is 0.525. The Labute approximate surface area is 104 Å². The van der Waals surface area contributed by atoms with E-state index in [2.05, 4.69) is 4.99 Å². The molecular weight excluding hydrogens is 228 g/mol. The highest BCUT2D eigenvalue weighted by molar-refractivity contribution is 5.50. The predicted octanol–water partition coefficient (Wildman–Crippen LogP) is 3.32. The van der Waals surface area contributed by atoms with E-state index in [0.717, 1.165) is 0 Å². The average molecular weight is 236 g/mol. The van der Waals surface area contributed by atoms with Gasteiger partial charge in [-0.05, 0) is 48.5 Å². The molecule has 0 fully saturated rings. The Balaban J connectivity index is 2.13. The van der Waals surface area contributed by atoms with Crippen molar-refractivity contribution in [2.45, 2.75) is 0 Å². The van der Waals surface area contributed by atoms with Crippen LogP contribution in [-0.4, -0.2) is 6.08 Å². The first-order valence-corrected chi connectivity index (χ1v) is 5.18. The third kappa shape index (κ3) is 2.82. The zero-order chi connectivity index (χ0) is 12.8. The molecule has 0 amide bonds. The van der Waals surface area contributed by atoms with Crippen molar-refractivity contribution in [2.24, 2.45) is 4.99 Å². The number of nitrogens with zero attached hydrogens (tertiary/aromatic N) is 2. The Kier molecular flexibility index (Phi) is 3.50. The van der Waals surface area contributed by atoms with Crippen molar-refractivity contribution in [3.8, 4) is 17.6 Å². The molecule has 0 N–H and O–H groups in total. The molecule has 0 aliphatic rings. The first kappa shape index (κ1) is 11.6. The Morgan fingerprint density at radius 2 is 1.50 bits per heavy atom. The normalized spacial score (nSPS) is 9.06. The lowest BCUT2D eigenvalue weighted by molar-refractivity contribution is 0.482. The molecule has 0 unspecified atom stereocenters. The van der Waals surface area contributed by atoms with Crippen LogP contribution < -0.4 is 4.74 Å². The molecule has 0 atom stereocenters. The number of ether oxygens (including phenoxy) is 1. The van der Waals surface area contributed by atoms with Gasteiger partial charge in [-0.2, -0.15) is 10.3 Å². The summed E-state index contributed by atoms with van der Waals surface area (Å²) in [5.41, 5.74) is 1.11. The number of isocyanates is 1. The van der Waals surface area contributed by atoms with Crippen LogP contribution in [0.3, 0.4) is 0 Å². The van der Waals surface area contributed by atoms with Crippen LogP contribution in [0.1, 0.15) is 5.56 Å². The lowest BCUT2D eigenvalue weighted by Crippen LogP contribution is -1.83. The number of aliphatic imine (C=N–C) groups is 1. The minimum Gasteiger partial charge on any atom is -0.457 e. The van der Waals surface area contributed by atoms with Crippen LogP contribution in [0.25, 0.3) is 0 Å². The summed E-state index contributed by atoms with van der Waals surface area (Å²) >= 11 is 0. The highest BCUT2D eigenvalue weighted by Crippen LogP contribution is 2.23. The highest BCUT2D eigenvalue weighted by atomic mass is 16.5.